The molecule has 0 aromatic heterocycles. The first kappa shape index (κ1) is 16.3. The molecule has 118 valence electrons. The number of aliphatic hydroxyl groups excluding tert-OH is 1. The second kappa shape index (κ2) is 7.78. The lowest BCUT2D eigenvalue weighted by atomic mass is 10.0. The number of benzene rings is 1. The Labute approximate surface area is 127 Å². The van der Waals surface area contributed by atoms with Gasteiger partial charge in [-0.05, 0) is 30.0 Å². The van der Waals surface area contributed by atoms with Crippen molar-refractivity contribution >= 4 is 0 Å². The molecule has 0 amide bonds. The van der Waals surface area contributed by atoms with Gasteiger partial charge in [0.05, 0.1) is 13.2 Å². The van der Waals surface area contributed by atoms with Gasteiger partial charge in [-0.2, -0.15) is 0 Å². The van der Waals surface area contributed by atoms with Crippen LogP contribution in [0, 0.1) is 6.92 Å². The summed E-state index contributed by atoms with van der Waals surface area (Å²) >= 11 is 0. The van der Waals surface area contributed by atoms with Crippen molar-refractivity contribution < 1.29 is 19.5 Å². The number of aliphatic hydroxyl groups is 1. The normalized spacial score (nSPS) is 18.0. The zero-order chi connectivity index (χ0) is 15.2. The minimum absolute atomic E-state index is 0.355. The topological polar surface area (TPSA) is 43.1 Å². The van der Waals surface area contributed by atoms with E-state index in [1.807, 2.05) is 0 Å². The lowest BCUT2D eigenvalue weighted by molar-refractivity contribution is -0.911. The highest BCUT2D eigenvalue weighted by atomic mass is 16.5. The molecule has 1 fully saturated rings. The van der Waals surface area contributed by atoms with Crippen molar-refractivity contribution in [2.75, 3.05) is 39.5 Å². The Morgan fingerprint density at radius 2 is 2.00 bits per heavy atom. The molecule has 2 N–H and O–H groups in total. The smallest absolute Gasteiger partial charge is 0.137 e. The fourth-order valence-electron chi connectivity index (χ4n) is 2.69. The summed E-state index contributed by atoms with van der Waals surface area (Å²) in [5.41, 5.74) is 2.38. The molecule has 0 aliphatic carbocycles. The second-order valence-corrected chi connectivity index (χ2v) is 6.23. The Morgan fingerprint density at radius 1 is 1.29 bits per heavy atom. The molecule has 1 heterocycles. The minimum atomic E-state index is -0.432. The minimum Gasteiger partial charge on any atom is -0.490 e. The van der Waals surface area contributed by atoms with Gasteiger partial charge in [0.2, 0.25) is 0 Å². The van der Waals surface area contributed by atoms with Gasteiger partial charge >= 0.3 is 0 Å². The number of morpholine rings is 1. The van der Waals surface area contributed by atoms with E-state index >= 15 is 0 Å². The van der Waals surface area contributed by atoms with Crippen LogP contribution in [0.15, 0.2) is 18.2 Å². The van der Waals surface area contributed by atoms with Crippen molar-refractivity contribution in [1.29, 1.82) is 0 Å². The number of hydrogen-bond donors (Lipinski definition) is 2. The van der Waals surface area contributed by atoms with Crippen LogP contribution in [0.25, 0.3) is 0 Å². The predicted octanol–water partition coefficient (Wildman–Crippen LogP) is 0.773. The van der Waals surface area contributed by atoms with E-state index in [1.54, 1.807) is 0 Å². The van der Waals surface area contributed by atoms with E-state index in [9.17, 15) is 5.11 Å². The van der Waals surface area contributed by atoms with Crippen LogP contribution in [-0.2, 0) is 4.74 Å². The second-order valence-electron chi connectivity index (χ2n) is 6.23. The van der Waals surface area contributed by atoms with Crippen LogP contribution in [0.5, 0.6) is 5.75 Å². The Balaban J connectivity index is 1.88. The molecule has 4 heteroatoms. The first-order chi connectivity index (χ1) is 10.1. The number of aryl methyl sites for hydroxylation is 1. The number of quaternary nitrogens is 1. The molecule has 0 radical (unpaired) electrons. The van der Waals surface area contributed by atoms with Gasteiger partial charge in [-0.1, -0.05) is 26.0 Å². The maximum atomic E-state index is 10.2. The van der Waals surface area contributed by atoms with E-state index in [0.29, 0.717) is 12.5 Å². The number of ether oxygens (including phenoxy) is 2. The van der Waals surface area contributed by atoms with E-state index < -0.39 is 6.10 Å². The average molecular weight is 294 g/mol. The van der Waals surface area contributed by atoms with Gasteiger partial charge in [-0.25, -0.2) is 0 Å². The summed E-state index contributed by atoms with van der Waals surface area (Å²) in [5.74, 6) is 1.32. The third-order valence-electron chi connectivity index (χ3n) is 3.95. The van der Waals surface area contributed by atoms with Gasteiger partial charge in [0.15, 0.2) is 0 Å². The highest BCUT2D eigenvalue weighted by Crippen LogP contribution is 2.27. The van der Waals surface area contributed by atoms with Crippen LogP contribution in [0.4, 0.5) is 0 Å². The van der Waals surface area contributed by atoms with Gasteiger partial charge < -0.3 is 19.5 Å². The van der Waals surface area contributed by atoms with Crippen molar-refractivity contribution in [2.24, 2.45) is 0 Å². The van der Waals surface area contributed by atoms with Crippen LogP contribution in [0.3, 0.4) is 0 Å². The molecule has 0 bridgehead atoms. The zero-order valence-electron chi connectivity index (χ0n) is 13.4. The summed E-state index contributed by atoms with van der Waals surface area (Å²) in [6.07, 6.45) is -0.432. The third kappa shape index (κ3) is 4.99. The summed E-state index contributed by atoms with van der Waals surface area (Å²) in [6.45, 7) is 11.0. The van der Waals surface area contributed by atoms with Gasteiger partial charge in [-0.15, -0.1) is 0 Å². The van der Waals surface area contributed by atoms with Gasteiger partial charge in [0.25, 0.3) is 0 Å². The van der Waals surface area contributed by atoms with Crippen molar-refractivity contribution in [3.8, 4) is 5.75 Å². The summed E-state index contributed by atoms with van der Waals surface area (Å²) in [6, 6.07) is 6.29. The lowest BCUT2D eigenvalue weighted by Gasteiger charge is -2.26. The number of hydrogen-bond acceptors (Lipinski definition) is 3. The van der Waals surface area contributed by atoms with Gasteiger partial charge in [0, 0.05) is 0 Å². The highest BCUT2D eigenvalue weighted by Gasteiger charge is 2.19. The Bertz CT molecular complexity index is 442. The van der Waals surface area contributed by atoms with E-state index in [-0.39, 0.29) is 0 Å². The Kier molecular flexibility index (Phi) is 6.03. The van der Waals surface area contributed by atoms with Crippen LogP contribution >= 0.6 is 0 Å². The maximum absolute atomic E-state index is 10.2. The predicted molar refractivity (Wildman–Crippen MR) is 83.2 cm³/mol. The van der Waals surface area contributed by atoms with Crippen LogP contribution in [0.1, 0.15) is 30.9 Å². The van der Waals surface area contributed by atoms with Crippen LogP contribution in [0.2, 0.25) is 0 Å². The molecule has 0 spiro atoms. The molecule has 1 aliphatic rings. The molecular formula is C17H28NO3+. The molecule has 1 aromatic carbocycles. The quantitative estimate of drug-likeness (QED) is 0.814. The standard InChI is InChI=1S/C17H27NO3/c1-13(2)16-5-4-14(3)10-17(16)21-12-15(19)11-18-6-8-20-9-7-18/h4-5,10,13,15,19H,6-9,11-12H2,1-3H3/p+1/t15-/m0/s1. The summed E-state index contributed by atoms with van der Waals surface area (Å²) in [5, 5.41) is 10.2. The molecule has 1 atom stereocenters. The van der Waals surface area contributed by atoms with Crippen LogP contribution < -0.4 is 9.64 Å². The first-order valence-electron chi connectivity index (χ1n) is 7.89. The Morgan fingerprint density at radius 3 is 2.67 bits per heavy atom. The average Bonchev–Trinajstić information content (AvgIpc) is 2.46. The van der Waals surface area contributed by atoms with E-state index in [0.717, 1.165) is 38.6 Å². The number of nitrogens with one attached hydrogen (secondary N) is 1. The fourth-order valence-corrected chi connectivity index (χ4v) is 2.69. The Hall–Kier alpha value is -1.10. The molecule has 1 aliphatic heterocycles. The molecule has 0 saturated carbocycles. The van der Waals surface area contributed by atoms with Crippen molar-refractivity contribution in [2.45, 2.75) is 32.8 Å². The van der Waals surface area contributed by atoms with Gasteiger partial charge in [0.1, 0.15) is 38.1 Å². The first-order valence-corrected chi connectivity index (χ1v) is 7.89. The number of rotatable bonds is 6. The molecule has 4 nitrogen and oxygen atoms in total. The van der Waals surface area contributed by atoms with Crippen molar-refractivity contribution in [1.82, 2.24) is 0 Å². The third-order valence-corrected chi connectivity index (χ3v) is 3.95. The summed E-state index contributed by atoms with van der Waals surface area (Å²) < 4.78 is 11.2. The van der Waals surface area contributed by atoms with E-state index in [4.69, 9.17) is 9.47 Å². The maximum Gasteiger partial charge on any atom is 0.137 e. The molecule has 0 unspecified atom stereocenters. The zero-order valence-corrected chi connectivity index (χ0v) is 13.4. The lowest BCUT2D eigenvalue weighted by Crippen LogP contribution is -3.15. The summed E-state index contributed by atoms with van der Waals surface area (Å²) in [4.78, 5) is 1.39. The van der Waals surface area contributed by atoms with Crippen molar-refractivity contribution in [3.63, 3.8) is 0 Å². The summed E-state index contributed by atoms with van der Waals surface area (Å²) in [7, 11) is 0. The molecule has 2 rings (SSSR count). The molecular weight excluding hydrogens is 266 g/mol. The molecule has 1 aromatic rings. The van der Waals surface area contributed by atoms with E-state index in [2.05, 4.69) is 39.0 Å². The largest absolute Gasteiger partial charge is 0.490 e. The fraction of sp³-hybridized carbons (Fsp3) is 0.647. The van der Waals surface area contributed by atoms with Crippen molar-refractivity contribution in [3.05, 3.63) is 29.3 Å². The molecule has 21 heavy (non-hydrogen) atoms. The van der Waals surface area contributed by atoms with Crippen LogP contribution in [-0.4, -0.2) is 50.7 Å². The van der Waals surface area contributed by atoms with E-state index in [1.165, 1.54) is 16.0 Å². The van der Waals surface area contributed by atoms with Gasteiger partial charge in [-0.3, -0.25) is 0 Å². The monoisotopic (exact) mass is 294 g/mol. The molecule has 1 saturated heterocycles. The highest BCUT2D eigenvalue weighted by molar-refractivity contribution is 5.39. The SMILES string of the molecule is Cc1ccc(C(C)C)c(OC[C@@H](O)C[NH+]2CCOCC2)c1.